The SMILES string of the molecule is CCOC(=O)C1(CSc2ccc(C=CC(=O)O)cc2)OC(=O)C(=O)C1Sc1ccc(C=CC(=O)O)cc1. The van der Waals surface area contributed by atoms with Gasteiger partial charge in [0.1, 0.15) is 5.25 Å². The van der Waals surface area contributed by atoms with Crippen molar-refractivity contribution in [1.29, 1.82) is 0 Å². The van der Waals surface area contributed by atoms with E-state index in [0.717, 1.165) is 23.9 Å². The van der Waals surface area contributed by atoms with E-state index in [1.54, 1.807) is 55.5 Å². The normalized spacial score (nSPS) is 19.3. The molecule has 1 fully saturated rings. The van der Waals surface area contributed by atoms with E-state index >= 15 is 0 Å². The molecule has 0 aliphatic carbocycles. The number of benzene rings is 2. The standard InChI is InChI=1S/C26H22O9S2/c1-2-34-25(33)26(15-36-18-9-3-16(4-10-18)7-13-20(27)28)23(22(31)24(32)35-26)37-19-11-5-17(6-12-19)8-14-21(29)30/h3-14,23H,2,15H2,1H3,(H,27,28)(H,29,30). The molecule has 0 spiro atoms. The maximum absolute atomic E-state index is 13.1. The minimum absolute atomic E-state index is 0.0175. The van der Waals surface area contributed by atoms with Crippen molar-refractivity contribution in [1.82, 2.24) is 0 Å². The second kappa shape index (κ2) is 12.4. The first-order valence-corrected chi connectivity index (χ1v) is 12.8. The van der Waals surface area contributed by atoms with Gasteiger partial charge in [-0.3, -0.25) is 4.79 Å². The first kappa shape index (κ1) is 27.8. The van der Waals surface area contributed by atoms with Crippen LogP contribution in [0.5, 0.6) is 0 Å². The van der Waals surface area contributed by atoms with E-state index in [1.807, 2.05) is 0 Å². The second-order valence-corrected chi connectivity index (χ2v) is 9.86. The van der Waals surface area contributed by atoms with Crippen LogP contribution >= 0.6 is 23.5 Å². The number of hydrogen-bond donors (Lipinski definition) is 2. The summed E-state index contributed by atoms with van der Waals surface area (Å²) in [5, 5.41) is 16.3. The summed E-state index contributed by atoms with van der Waals surface area (Å²) in [5.41, 5.74) is -0.599. The fourth-order valence-electron chi connectivity index (χ4n) is 3.30. The molecular weight excluding hydrogens is 520 g/mol. The summed E-state index contributed by atoms with van der Waals surface area (Å²) in [6.45, 7) is 1.62. The Balaban J connectivity index is 1.85. The number of Topliss-reactive ketones (excluding diaryl/α,β-unsaturated/α-hetero) is 1. The summed E-state index contributed by atoms with van der Waals surface area (Å²) < 4.78 is 10.6. The highest BCUT2D eigenvalue weighted by Gasteiger charge is 2.62. The number of esters is 2. The van der Waals surface area contributed by atoms with Crippen molar-refractivity contribution in [2.24, 2.45) is 0 Å². The summed E-state index contributed by atoms with van der Waals surface area (Å²) in [4.78, 5) is 60.9. The molecule has 2 N–H and O–H groups in total. The lowest BCUT2D eigenvalue weighted by Gasteiger charge is -2.29. The number of hydrogen-bond acceptors (Lipinski definition) is 9. The number of cyclic esters (lactones) is 1. The van der Waals surface area contributed by atoms with Crippen LogP contribution in [-0.4, -0.2) is 63.1 Å². The maximum Gasteiger partial charge on any atom is 0.377 e. The smallest absolute Gasteiger partial charge is 0.377 e. The van der Waals surface area contributed by atoms with E-state index in [2.05, 4.69) is 0 Å². The zero-order valence-electron chi connectivity index (χ0n) is 19.5. The number of carboxylic acids is 2. The van der Waals surface area contributed by atoms with Gasteiger partial charge in [0.05, 0.1) is 12.4 Å². The minimum Gasteiger partial charge on any atom is -0.478 e. The molecule has 1 aliphatic rings. The van der Waals surface area contributed by atoms with Crippen molar-refractivity contribution in [3.8, 4) is 0 Å². The van der Waals surface area contributed by atoms with E-state index < -0.39 is 40.5 Å². The Hall–Kier alpha value is -3.83. The summed E-state index contributed by atoms with van der Waals surface area (Å²) in [6.07, 6.45) is 4.85. The maximum atomic E-state index is 13.1. The second-order valence-electron chi connectivity index (χ2n) is 7.63. The molecule has 3 rings (SSSR count). The molecule has 2 atom stereocenters. The van der Waals surface area contributed by atoms with E-state index in [-0.39, 0.29) is 12.4 Å². The van der Waals surface area contributed by atoms with Gasteiger partial charge in [-0.05, 0) is 54.5 Å². The van der Waals surface area contributed by atoms with Crippen LogP contribution in [0.2, 0.25) is 0 Å². The first-order chi connectivity index (χ1) is 17.6. The Morgan fingerprint density at radius 2 is 1.43 bits per heavy atom. The fourth-order valence-corrected chi connectivity index (χ4v) is 5.64. The Bertz CT molecular complexity index is 1250. The van der Waals surface area contributed by atoms with Crippen LogP contribution in [-0.2, 0) is 33.4 Å². The Kier molecular flexibility index (Phi) is 9.31. The molecule has 11 heteroatoms. The zero-order chi connectivity index (χ0) is 27.0. The molecule has 0 saturated carbocycles. The number of carboxylic acid groups (broad SMARTS) is 2. The van der Waals surface area contributed by atoms with E-state index in [9.17, 15) is 24.0 Å². The molecule has 1 aliphatic heterocycles. The van der Waals surface area contributed by atoms with Crippen LogP contribution < -0.4 is 0 Å². The summed E-state index contributed by atoms with van der Waals surface area (Å²) >= 11 is 2.17. The molecule has 37 heavy (non-hydrogen) atoms. The van der Waals surface area contributed by atoms with E-state index in [4.69, 9.17) is 19.7 Å². The first-order valence-electron chi connectivity index (χ1n) is 10.9. The summed E-state index contributed by atoms with van der Waals surface area (Å²) in [5.74, 6) is -5.07. The van der Waals surface area contributed by atoms with Crippen LogP contribution in [0.1, 0.15) is 18.1 Å². The van der Waals surface area contributed by atoms with Crippen LogP contribution in [0.4, 0.5) is 0 Å². The zero-order valence-corrected chi connectivity index (χ0v) is 21.1. The molecular formula is C26H22O9S2. The highest BCUT2D eigenvalue weighted by molar-refractivity contribution is 8.01. The van der Waals surface area contributed by atoms with E-state index in [1.165, 1.54) is 23.9 Å². The molecule has 9 nitrogen and oxygen atoms in total. The van der Waals surface area contributed by atoms with Crippen molar-refractivity contribution >= 4 is 65.3 Å². The third-order valence-electron chi connectivity index (χ3n) is 5.06. The van der Waals surface area contributed by atoms with E-state index in [0.29, 0.717) is 20.9 Å². The van der Waals surface area contributed by atoms with Crippen LogP contribution in [0, 0.1) is 0 Å². The molecule has 0 bridgehead atoms. The highest BCUT2D eigenvalue weighted by Crippen LogP contribution is 2.42. The fraction of sp³-hybridized carbons (Fsp3) is 0.192. The van der Waals surface area contributed by atoms with Gasteiger partial charge < -0.3 is 19.7 Å². The number of aliphatic carboxylic acids is 2. The van der Waals surface area contributed by atoms with Crippen LogP contribution in [0.15, 0.2) is 70.5 Å². The minimum atomic E-state index is -1.87. The molecule has 2 unspecified atom stereocenters. The molecule has 1 heterocycles. The topological polar surface area (TPSA) is 144 Å². The largest absolute Gasteiger partial charge is 0.478 e. The van der Waals surface area contributed by atoms with Gasteiger partial charge in [-0.2, -0.15) is 0 Å². The molecule has 192 valence electrons. The predicted octanol–water partition coefficient (Wildman–Crippen LogP) is 3.56. The summed E-state index contributed by atoms with van der Waals surface area (Å²) in [7, 11) is 0. The quantitative estimate of drug-likeness (QED) is 0.186. The van der Waals surface area contributed by atoms with Gasteiger partial charge in [0.25, 0.3) is 5.78 Å². The average Bonchev–Trinajstić information content (AvgIpc) is 3.11. The number of ketones is 1. The third-order valence-corrected chi connectivity index (χ3v) is 7.62. The molecule has 0 aromatic heterocycles. The number of carbonyl (C=O) groups excluding carboxylic acids is 3. The van der Waals surface area contributed by atoms with Gasteiger partial charge in [0.15, 0.2) is 0 Å². The number of thioether (sulfide) groups is 2. The number of rotatable bonds is 11. The Morgan fingerprint density at radius 1 is 0.919 bits per heavy atom. The molecule has 1 saturated heterocycles. The molecule has 2 aromatic carbocycles. The molecule has 0 radical (unpaired) electrons. The highest BCUT2D eigenvalue weighted by atomic mass is 32.2. The van der Waals surface area contributed by atoms with Crippen molar-refractivity contribution < 1.29 is 43.7 Å². The molecule has 0 amide bonds. The van der Waals surface area contributed by atoms with Gasteiger partial charge in [-0.1, -0.05) is 24.3 Å². The van der Waals surface area contributed by atoms with Gasteiger partial charge in [0, 0.05) is 21.9 Å². The van der Waals surface area contributed by atoms with Gasteiger partial charge in [0.2, 0.25) is 5.60 Å². The van der Waals surface area contributed by atoms with Gasteiger partial charge in [-0.25, -0.2) is 19.2 Å². The van der Waals surface area contributed by atoms with Crippen molar-refractivity contribution in [2.75, 3.05) is 12.4 Å². The Labute approximate surface area is 220 Å². The van der Waals surface area contributed by atoms with Crippen LogP contribution in [0.25, 0.3) is 12.2 Å². The lowest BCUT2D eigenvalue weighted by molar-refractivity contribution is -0.171. The van der Waals surface area contributed by atoms with Gasteiger partial charge >= 0.3 is 23.9 Å². The van der Waals surface area contributed by atoms with Crippen molar-refractivity contribution in [2.45, 2.75) is 27.6 Å². The number of ether oxygens (including phenoxy) is 2. The number of carbonyl (C=O) groups is 5. The summed E-state index contributed by atoms with van der Waals surface area (Å²) in [6, 6.07) is 13.4. The lowest BCUT2D eigenvalue weighted by Crippen LogP contribution is -2.50. The average molecular weight is 543 g/mol. The Morgan fingerprint density at radius 3 is 1.92 bits per heavy atom. The van der Waals surface area contributed by atoms with Crippen molar-refractivity contribution in [3.05, 3.63) is 71.8 Å². The van der Waals surface area contributed by atoms with Gasteiger partial charge in [-0.15, -0.1) is 23.5 Å². The predicted molar refractivity (Wildman–Crippen MR) is 137 cm³/mol. The van der Waals surface area contributed by atoms with Crippen LogP contribution in [0.3, 0.4) is 0 Å². The molecule has 2 aromatic rings. The monoisotopic (exact) mass is 542 g/mol. The third kappa shape index (κ3) is 7.11. The van der Waals surface area contributed by atoms with Crippen molar-refractivity contribution in [3.63, 3.8) is 0 Å². The lowest BCUT2D eigenvalue weighted by atomic mass is 10.0.